The van der Waals surface area contributed by atoms with Crippen LogP contribution in [0.3, 0.4) is 0 Å². The predicted octanol–water partition coefficient (Wildman–Crippen LogP) is 3.45. The molecule has 3 rings (SSSR count). The SMILES string of the molecule is CC(=O)c1cccc(NC(=O)Nc2nnc(-c3ccncc3)s2)c1. The van der Waals surface area contributed by atoms with Crippen LogP contribution in [0, 0.1) is 0 Å². The van der Waals surface area contributed by atoms with Crippen molar-refractivity contribution < 1.29 is 9.59 Å². The summed E-state index contributed by atoms with van der Waals surface area (Å²) in [6.45, 7) is 1.47. The Morgan fingerprint density at radius 3 is 2.58 bits per heavy atom. The van der Waals surface area contributed by atoms with Crippen LogP contribution in [0.15, 0.2) is 48.8 Å². The van der Waals surface area contributed by atoms with Crippen molar-refractivity contribution in [2.75, 3.05) is 10.6 Å². The van der Waals surface area contributed by atoms with Gasteiger partial charge >= 0.3 is 6.03 Å². The third kappa shape index (κ3) is 3.79. The monoisotopic (exact) mass is 339 g/mol. The van der Waals surface area contributed by atoms with Crippen LogP contribution >= 0.6 is 11.3 Å². The van der Waals surface area contributed by atoms with Gasteiger partial charge in [0.1, 0.15) is 5.01 Å². The molecule has 2 amide bonds. The standard InChI is InChI=1S/C16H13N5O2S/c1-10(22)12-3-2-4-13(9-12)18-15(23)19-16-21-20-14(24-16)11-5-7-17-8-6-11/h2-9H,1H3,(H2,18,19,21,23). The number of nitrogens with one attached hydrogen (secondary N) is 2. The number of hydrogen-bond acceptors (Lipinski definition) is 6. The molecule has 3 aromatic rings. The number of Topliss-reactive ketones (excluding diaryl/α,β-unsaturated/α-hetero) is 1. The minimum Gasteiger partial charge on any atom is -0.308 e. The normalized spacial score (nSPS) is 10.2. The zero-order valence-electron chi connectivity index (χ0n) is 12.7. The average molecular weight is 339 g/mol. The van der Waals surface area contributed by atoms with Crippen molar-refractivity contribution in [1.29, 1.82) is 0 Å². The second-order valence-electron chi connectivity index (χ2n) is 4.86. The first-order valence-electron chi connectivity index (χ1n) is 7.05. The zero-order valence-corrected chi connectivity index (χ0v) is 13.5. The van der Waals surface area contributed by atoms with Crippen LogP contribution in [0.1, 0.15) is 17.3 Å². The zero-order chi connectivity index (χ0) is 16.9. The number of benzene rings is 1. The Bertz CT molecular complexity index is 879. The number of urea groups is 1. The highest BCUT2D eigenvalue weighted by molar-refractivity contribution is 7.18. The first-order valence-corrected chi connectivity index (χ1v) is 7.86. The minimum absolute atomic E-state index is 0.0647. The lowest BCUT2D eigenvalue weighted by atomic mass is 10.1. The Balaban J connectivity index is 1.66. The third-order valence-corrected chi connectivity index (χ3v) is 3.99. The van der Waals surface area contributed by atoms with Gasteiger partial charge in [0.2, 0.25) is 5.13 Å². The van der Waals surface area contributed by atoms with E-state index in [0.717, 1.165) is 5.56 Å². The Morgan fingerprint density at radius 2 is 1.83 bits per heavy atom. The van der Waals surface area contributed by atoms with Crippen molar-refractivity contribution in [3.05, 3.63) is 54.4 Å². The molecule has 0 fully saturated rings. The number of rotatable bonds is 4. The number of hydrogen-bond donors (Lipinski definition) is 2. The fraction of sp³-hybridized carbons (Fsp3) is 0.0625. The Hall–Kier alpha value is -3.13. The van der Waals surface area contributed by atoms with Crippen LogP contribution in [0.25, 0.3) is 10.6 Å². The summed E-state index contributed by atoms with van der Waals surface area (Å²) in [6, 6.07) is 9.90. The van der Waals surface area contributed by atoms with Crippen LogP contribution in [-0.2, 0) is 0 Å². The summed E-state index contributed by atoms with van der Waals surface area (Å²) in [5, 5.41) is 14.3. The van der Waals surface area contributed by atoms with Gasteiger partial charge in [-0.15, -0.1) is 10.2 Å². The third-order valence-electron chi connectivity index (χ3n) is 3.10. The predicted molar refractivity (Wildman–Crippen MR) is 92.2 cm³/mol. The van der Waals surface area contributed by atoms with Crippen molar-refractivity contribution in [2.24, 2.45) is 0 Å². The summed E-state index contributed by atoms with van der Waals surface area (Å²) < 4.78 is 0. The Labute approximate surface area is 141 Å². The summed E-state index contributed by atoms with van der Waals surface area (Å²) in [5.41, 5.74) is 1.94. The van der Waals surface area contributed by atoms with E-state index in [2.05, 4.69) is 25.8 Å². The molecule has 8 heteroatoms. The van der Waals surface area contributed by atoms with Crippen molar-refractivity contribution in [2.45, 2.75) is 6.92 Å². The molecule has 2 aromatic heterocycles. The van der Waals surface area contributed by atoms with Crippen molar-refractivity contribution >= 4 is 34.0 Å². The van der Waals surface area contributed by atoms with Gasteiger partial charge < -0.3 is 5.32 Å². The van der Waals surface area contributed by atoms with Crippen LogP contribution in [0.5, 0.6) is 0 Å². The van der Waals surface area contributed by atoms with E-state index in [1.165, 1.54) is 18.3 Å². The van der Waals surface area contributed by atoms with Crippen LogP contribution in [0.4, 0.5) is 15.6 Å². The highest BCUT2D eigenvalue weighted by atomic mass is 32.1. The van der Waals surface area contributed by atoms with E-state index in [4.69, 9.17) is 0 Å². The van der Waals surface area contributed by atoms with E-state index < -0.39 is 6.03 Å². The number of anilines is 2. The highest BCUT2D eigenvalue weighted by Crippen LogP contribution is 2.25. The first kappa shape index (κ1) is 15.8. The fourth-order valence-electron chi connectivity index (χ4n) is 1.96. The number of carbonyl (C=O) groups excluding carboxylic acids is 2. The topological polar surface area (TPSA) is 96.9 Å². The molecule has 0 aliphatic carbocycles. The molecular weight excluding hydrogens is 326 g/mol. The Morgan fingerprint density at radius 1 is 1.04 bits per heavy atom. The van der Waals surface area contributed by atoms with Crippen LogP contribution < -0.4 is 10.6 Å². The van der Waals surface area contributed by atoms with Crippen LogP contribution in [0.2, 0.25) is 0 Å². The molecule has 0 saturated carbocycles. The quantitative estimate of drug-likeness (QED) is 0.710. The van der Waals surface area contributed by atoms with E-state index in [1.807, 2.05) is 12.1 Å². The van der Waals surface area contributed by atoms with Gasteiger partial charge in [0, 0.05) is 29.2 Å². The van der Waals surface area contributed by atoms with Gasteiger partial charge in [-0.1, -0.05) is 23.5 Å². The molecule has 0 unspecified atom stereocenters. The number of amides is 2. The second kappa shape index (κ2) is 6.97. The maximum Gasteiger partial charge on any atom is 0.325 e. The van der Waals surface area contributed by atoms with Crippen LogP contribution in [-0.4, -0.2) is 27.0 Å². The minimum atomic E-state index is -0.451. The van der Waals surface area contributed by atoms with Gasteiger partial charge in [0.25, 0.3) is 0 Å². The summed E-state index contributed by atoms with van der Waals surface area (Å²) in [4.78, 5) is 27.3. The van der Waals surface area contributed by atoms with Gasteiger partial charge in [-0.25, -0.2) is 4.79 Å². The molecule has 1 aromatic carbocycles. The van der Waals surface area contributed by atoms with Gasteiger partial charge in [0.05, 0.1) is 0 Å². The highest BCUT2D eigenvalue weighted by Gasteiger charge is 2.10. The molecule has 120 valence electrons. The summed E-state index contributed by atoms with van der Waals surface area (Å²) in [5.74, 6) is -0.0647. The molecule has 24 heavy (non-hydrogen) atoms. The molecule has 0 aliphatic heterocycles. The molecule has 2 N–H and O–H groups in total. The van der Waals surface area contributed by atoms with Crippen molar-refractivity contribution in [3.8, 4) is 10.6 Å². The number of carbonyl (C=O) groups is 2. The summed E-state index contributed by atoms with van der Waals surface area (Å²) in [7, 11) is 0. The molecule has 0 saturated heterocycles. The van der Waals surface area contributed by atoms with E-state index in [0.29, 0.717) is 21.4 Å². The number of pyridine rings is 1. The number of ketones is 1. The first-order chi connectivity index (χ1) is 11.6. The molecule has 2 heterocycles. The largest absolute Gasteiger partial charge is 0.325 e. The maximum absolute atomic E-state index is 12.0. The van der Waals surface area contributed by atoms with Crippen molar-refractivity contribution in [3.63, 3.8) is 0 Å². The Kier molecular flexibility index (Phi) is 4.57. The smallest absolute Gasteiger partial charge is 0.308 e. The van der Waals surface area contributed by atoms with E-state index in [9.17, 15) is 9.59 Å². The van der Waals surface area contributed by atoms with E-state index in [-0.39, 0.29) is 5.78 Å². The second-order valence-corrected chi connectivity index (χ2v) is 5.84. The van der Waals surface area contributed by atoms with E-state index >= 15 is 0 Å². The molecular formula is C16H13N5O2S. The van der Waals surface area contributed by atoms with E-state index in [1.54, 1.807) is 36.7 Å². The van der Waals surface area contributed by atoms with Gasteiger partial charge in [-0.2, -0.15) is 0 Å². The lowest BCUT2D eigenvalue weighted by Crippen LogP contribution is -2.19. The van der Waals surface area contributed by atoms with Gasteiger partial charge in [-0.3, -0.25) is 15.1 Å². The molecule has 0 atom stereocenters. The maximum atomic E-state index is 12.0. The molecule has 0 radical (unpaired) electrons. The fourth-order valence-corrected chi connectivity index (χ4v) is 2.70. The average Bonchev–Trinajstić information content (AvgIpc) is 3.04. The lowest BCUT2D eigenvalue weighted by molar-refractivity contribution is 0.101. The molecule has 0 aliphatic rings. The molecule has 0 bridgehead atoms. The molecule has 0 spiro atoms. The summed E-state index contributed by atoms with van der Waals surface area (Å²) in [6.07, 6.45) is 3.33. The molecule has 7 nitrogen and oxygen atoms in total. The lowest BCUT2D eigenvalue weighted by Gasteiger charge is -2.06. The van der Waals surface area contributed by atoms with Gasteiger partial charge in [0.15, 0.2) is 5.78 Å². The van der Waals surface area contributed by atoms with Crippen molar-refractivity contribution in [1.82, 2.24) is 15.2 Å². The number of nitrogens with zero attached hydrogens (tertiary/aromatic N) is 3. The number of aromatic nitrogens is 3. The van der Waals surface area contributed by atoms with Gasteiger partial charge in [-0.05, 0) is 31.2 Å². The summed E-state index contributed by atoms with van der Waals surface area (Å²) >= 11 is 1.26.